The first-order chi connectivity index (χ1) is 20.9. The Bertz CT molecular complexity index is 1880. The fourth-order valence-corrected chi connectivity index (χ4v) is 5.67. The van der Waals surface area contributed by atoms with Crippen LogP contribution in [-0.4, -0.2) is 66.2 Å². The summed E-state index contributed by atoms with van der Waals surface area (Å²) in [5.74, 6) is 1.32. The molecule has 1 aliphatic heterocycles. The highest BCUT2D eigenvalue weighted by atomic mass is 79.9. The second-order valence-electron chi connectivity index (χ2n) is 9.60. The number of fused-ring (bicyclic) bond motifs is 2. The Balaban J connectivity index is 1.38. The topological polar surface area (TPSA) is 108 Å². The van der Waals surface area contributed by atoms with E-state index < -0.39 is 0 Å². The summed E-state index contributed by atoms with van der Waals surface area (Å²) in [5.41, 5.74) is 1.45. The van der Waals surface area contributed by atoms with E-state index in [0.717, 1.165) is 5.39 Å². The van der Waals surface area contributed by atoms with E-state index in [0.29, 0.717) is 81.2 Å². The number of nitrogens with zero attached hydrogens (tertiary/aromatic N) is 4. The van der Waals surface area contributed by atoms with Crippen LogP contribution in [0.4, 0.5) is 0 Å². The zero-order valence-corrected chi connectivity index (χ0v) is 26.3. The summed E-state index contributed by atoms with van der Waals surface area (Å²) in [6.07, 6.45) is 1.53. The maximum Gasteiger partial charge on any atom is 0.282 e. The molecule has 0 saturated carbocycles. The van der Waals surface area contributed by atoms with Crippen LogP contribution in [0.3, 0.4) is 0 Å². The van der Waals surface area contributed by atoms with Gasteiger partial charge in [0.15, 0.2) is 23.9 Å². The number of rotatable bonds is 8. The minimum Gasteiger partial charge on any atom is -0.490 e. The SMILES string of the molecule is CCOc1cc(C=Nn2c(-c3cc4ccccc4o3)nc3ccccc3c2=O)c(Br)c(Br)c1OCC(=O)N1CCOCC1. The van der Waals surface area contributed by atoms with Crippen LogP contribution in [0.15, 0.2) is 83.9 Å². The number of amides is 1. The number of ether oxygens (including phenoxy) is 3. The fraction of sp³-hybridized carbons (Fsp3) is 0.226. The van der Waals surface area contributed by atoms with E-state index in [4.69, 9.17) is 23.6 Å². The number of para-hydroxylation sites is 2. The first-order valence-corrected chi connectivity index (χ1v) is 15.2. The molecule has 1 saturated heterocycles. The maximum absolute atomic E-state index is 13.7. The van der Waals surface area contributed by atoms with Gasteiger partial charge in [-0.2, -0.15) is 9.78 Å². The van der Waals surface area contributed by atoms with Crippen LogP contribution in [0.5, 0.6) is 11.5 Å². The van der Waals surface area contributed by atoms with Crippen molar-refractivity contribution >= 4 is 65.9 Å². The van der Waals surface area contributed by atoms with Gasteiger partial charge in [0.2, 0.25) is 5.82 Å². The molecule has 12 heteroatoms. The molecule has 0 unspecified atom stereocenters. The average Bonchev–Trinajstić information content (AvgIpc) is 3.47. The number of carbonyl (C=O) groups excluding carboxylic acids is 1. The zero-order chi connectivity index (χ0) is 29.9. The molecule has 6 rings (SSSR count). The van der Waals surface area contributed by atoms with Crippen molar-refractivity contribution in [3.63, 3.8) is 0 Å². The van der Waals surface area contributed by atoms with Crippen molar-refractivity contribution in [2.24, 2.45) is 5.10 Å². The summed E-state index contributed by atoms with van der Waals surface area (Å²) >= 11 is 7.20. The van der Waals surface area contributed by atoms with Crippen LogP contribution in [0.25, 0.3) is 33.5 Å². The predicted octanol–water partition coefficient (Wildman–Crippen LogP) is 5.85. The molecule has 1 fully saturated rings. The minimum absolute atomic E-state index is 0.138. The summed E-state index contributed by atoms with van der Waals surface area (Å²) in [6.45, 7) is 4.13. The summed E-state index contributed by atoms with van der Waals surface area (Å²) in [4.78, 5) is 32.8. The van der Waals surface area contributed by atoms with Gasteiger partial charge >= 0.3 is 0 Å². The molecule has 1 amide bonds. The summed E-state index contributed by atoms with van der Waals surface area (Å²) in [5, 5.41) is 5.88. The van der Waals surface area contributed by atoms with Crippen LogP contribution in [-0.2, 0) is 9.53 Å². The Morgan fingerprint density at radius 2 is 1.81 bits per heavy atom. The molecule has 10 nitrogen and oxygen atoms in total. The minimum atomic E-state index is -0.348. The molecule has 0 atom stereocenters. The number of hydrogen-bond acceptors (Lipinski definition) is 8. The molecule has 0 aliphatic carbocycles. The maximum atomic E-state index is 13.7. The lowest BCUT2D eigenvalue weighted by Gasteiger charge is -2.27. The van der Waals surface area contributed by atoms with E-state index in [-0.39, 0.29) is 23.9 Å². The van der Waals surface area contributed by atoms with Gasteiger partial charge in [-0.3, -0.25) is 9.59 Å². The molecular formula is C31H26Br2N4O6. The Hall–Kier alpha value is -4.00. The molecule has 2 aromatic heterocycles. The van der Waals surface area contributed by atoms with Gasteiger partial charge in [0.25, 0.3) is 11.5 Å². The third-order valence-corrected chi connectivity index (χ3v) is 9.01. The standard InChI is InChI=1S/C31H26Br2N4O6/c1-2-41-24-16-20(27(32)28(33)29(24)42-18-26(38)36-11-13-40-14-12-36)17-34-37-30(25-15-19-7-3-6-10-23(19)43-25)35-22-9-5-4-8-21(22)31(37)39/h3-10,15-17H,2,11-14,18H2,1H3. The number of carbonyl (C=O) groups is 1. The van der Waals surface area contributed by atoms with Crippen molar-refractivity contribution in [2.75, 3.05) is 39.5 Å². The van der Waals surface area contributed by atoms with Crippen LogP contribution < -0.4 is 15.0 Å². The number of halogens is 2. The smallest absolute Gasteiger partial charge is 0.282 e. The highest BCUT2D eigenvalue weighted by Gasteiger charge is 2.22. The van der Waals surface area contributed by atoms with E-state index in [1.807, 2.05) is 43.3 Å². The van der Waals surface area contributed by atoms with Crippen molar-refractivity contribution in [1.82, 2.24) is 14.6 Å². The lowest BCUT2D eigenvalue weighted by Crippen LogP contribution is -2.43. The molecule has 0 bridgehead atoms. The Kier molecular flexibility index (Phi) is 8.59. The van der Waals surface area contributed by atoms with Gasteiger partial charge in [0, 0.05) is 28.5 Å². The van der Waals surface area contributed by atoms with Gasteiger partial charge in [-0.25, -0.2) is 4.98 Å². The number of hydrogen-bond donors (Lipinski definition) is 0. The average molecular weight is 710 g/mol. The molecule has 0 N–H and O–H groups in total. The van der Waals surface area contributed by atoms with Crippen LogP contribution in [0, 0.1) is 0 Å². The third kappa shape index (κ3) is 5.95. The molecular weight excluding hydrogens is 684 g/mol. The zero-order valence-electron chi connectivity index (χ0n) is 23.1. The fourth-order valence-electron chi connectivity index (χ4n) is 4.74. The number of furan rings is 1. The van der Waals surface area contributed by atoms with Crippen molar-refractivity contribution < 1.29 is 23.4 Å². The molecule has 5 aromatic rings. The van der Waals surface area contributed by atoms with E-state index in [1.165, 1.54) is 10.9 Å². The van der Waals surface area contributed by atoms with E-state index >= 15 is 0 Å². The number of morpholine rings is 1. The highest BCUT2D eigenvalue weighted by Crippen LogP contribution is 2.42. The monoisotopic (exact) mass is 708 g/mol. The Morgan fingerprint density at radius 1 is 1.05 bits per heavy atom. The third-order valence-electron chi connectivity index (χ3n) is 6.87. The van der Waals surface area contributed by atoms with Crippen molar-refractivity contribution in [3.8, 4) is 23.1 Å². The molecule has 220 valence electrons. The summed E-state index contributed by atoms with van der Waals surface area (Å²) in [6, 6.07) is 18.2. The lowest BCUT2D eigenvalue weighted by atomic mass is 10.2. The molecule has 3 heterocycles. The molecule has 0 radical (unpaired) electrons. The van der Waals surface area contributed by atoms with Gasteiger partial charge in [0.05, 0.1) is 41.4 Å². The lowest BCUT2D eigenvalue weighted by molar-refractivity contribution is -0.137. The molecule has 1 aliphatic rings. The summed E-state index contributed by atoms with van der Waals surface area (Å²) < 4.78 is 25.6. The van der Waals surface area contributed by atoms with Crippen molar-refractivity contribution in [1.29, 1.82) is 0 Å². The molecule has 0 spiro atoms. The van der Waals surface area contributed by atoms with Crippen LogP contribution >= 0.6 is 31.9 Å². The normalized spacial score (nSPS) is 13.7. The van der Waals surface area contributed by atoms with Crippen molar-refractivity contribution in [3.05, 3.63) is 85.5 Å². The second kappa shape index (κ2) is 12.7. The number of benzene rings is 3. The first-order valence-electron chi connectivity index (χ1n) is 13.6. The van der Waals surface area contributed by atoms with Gasteiger partial charge in [-0.15, -0.1) is 0 Å². The predicted molar refractivity (Wildman–Crippen MR) is 170 cm³/mol. The van der Waals surface area contributed by atoms with E-state index in [9.17, 15) is 9.59 Å². The van der Waals surface area contributed by atoms with Gasteiger partial charge < -0.3 is 23.5 Å². The Morgan fingerprint density at radius 3 is 2.60 bits per heavy atom. The Labute approximate surface area is 263 Å². The van der Waals surface area contributed by atoms with E-state index in [1.54, 1.807) is 29.2 Å². The number of aromatic nitrogens is 2. The van der Waals surface area contributed by atoms with Gasteiger partial charge in [-0.1, -0.05) is 30.3 Å². The molecule has 3 aromatic carbocycles. The summed E-state index contributed by atoms with van der Waals surface area (Å²) in [7, 11) is 0. The first kappa shape index (κ1) is 29.1. The van der Waals surface area contributed by atoms with Crippen LogP contribution in [0.1, 0.15) is 12.5 Å². The van der Waals surface area contributed by atoms with Crippen LogP contribution in [0.2, 0.25) is 0 Å². The second-order valence-corrected chi connectivity index (χ2v) is 11.2. The molecule has 43 heavy (non-hydrogen) atoms. The van der Waals surface area contributed by atoms with Gasteiger partial charge in [0.1, 0.15) is 5.58 Å². The largest absolute Gasteiger partial charge is 0.490 e. The quantitative estimate of drug-likeness (QED) is 0.186. The van der Waals surface area contributed by atoms with Crippen molar-refractivity contribution in [2.45, 2.75) is 6.92 Å². The van der Waals surface area contributed by atoms with Gasteiger partial charge in [-0.05, 0) is 69.1 Å². The van der Waals surface area contributed by atoms with E-state index in [2.05, 4.69) is 37.0 Å². The highest BCUT2D eigenvalue weighted by molar-refractivity contribution is 9.13.